The summed E-state index contributed by atoms with van der Waals surface area (Å²) in [5, 5.41) is 3.20. The molecule has 2 heterocycles. The third-order valence-corrected chi connectivity index (χ3v) is 3.41. The molecule has 1 amide bonds. The van der Waals surface area contributed by atoms with E-state index in [-0.39, 0.29) is 5.91 Å². The highest BCUT2D eigenvalue weighted by atomic mass is 35.5. The van der Waals surface area contributed by atoms with E-state index in [4.69, 9.17) is 16.3 Å². The van der Waals surface area contributed by atoms with E-state index in [1.54, 1.807) is 43.8 Å². The van der Waals surface area contributed by atoms with Crippen LogP contribution in [0.4, 0.5) is 0 Å². The molecule has 0 fully saturated rings. The maximum Gasteiger partial charge on any atom is 0.275 e. The van der Waals surface area contributed by atoms with Gasteiger partial charge in [-0.15, -0.1) is 0 Å². The molecule has 6 heteroatoms. The summed E-state index contributed by atoms with van der Waals surface area (Å²) < 4.78 is 5.10. The average molecular weight is 314 g/mol. The summed E-state index contributed by atoms with van der Waals surface area (Å²) in [4.78, 5) is 20.3. The van der Waals surface area contributed by atoms with Gasteiger partial charge in [0.15, 0.2) is 0 Å². The van der Waals surface area contributed by atoms with Crippen molar-refractivity contribution in [1.29, 1.82) is 0 Å². The Bertz CT molecular complexity index is 785. The third-order valence-electron chi connectivity index (χ3n) is 3.11. The van der Waals surface area contributed by atoms with E-state index in [1.807, 2.05) is 12.1 Å². The van der Waals surface area contributed by atoms with Crippen LogP contribution in [-0.4, -0.2) is 23.8 Å². The molecule has 0 saturated carbocycles. The van der Waals surface area contributed by atoms with E-state index >= 15 is 0 Å². The number of nitrogens with one attached hydrogen (secondary N) is 1. The lowest BCUT2D eigenvalue weighted by molar-refractivity contribution is -0.115. The molecule has 1 N–H and O–H groups in total. The van der Waals surface area contributed by atoms with Crippen LogP contribution in [0.3, 0.4) is 0 Å². The Morgan fingerprint density at radius 2 is 2.18 bits per heavy atom. The van der Waals surface area contributed by atoms with Gasteiger partial charge in [0.25, 0.3) is 5.91 Å². The number of halogens is 1. The molecule has 0 unspecified atom stereocenters. The van der Waals surface area contributed by atoms with E-state index in [2.05, 4.69) is 15.3 Å². The van der Waals surface area contributed by atoms with E-state index in [1.165, 1.54) is 0 Å². The largest absolute Gasteiger partial charge is 0.495 e. The van der Waals surface area contributed by atoms with Crippen LogP contribution >= 0.6 is 11.6 Å². The second-order valence-electron chi connectivity index (χ2n) is 4.58. The number of carbonyl (C=O) groups is 1. The molecular weight excluding hydrogens is 302 g/mol. The Morgan fingerprint density at radius 3 is 2.86 bits per heavy atom. The molecule has 1 aromatic carbocycles. The fourth-order valence-electron chi connectivity index (χ4n) is 2.04. The molecule has 0 radical (unpaired) electrons. The zero-order valence-corrected chi connectivity index (χ0v) is 12.5. The van der Waals surface area contributed by atoms with Crippen LogP contribution in [0, 0.1) is 0 Å². The second-order valence-corrected chi connectivity index (χ2v) is 4.99. The molecule has 22 heavy (non-hydrogen) atoms. The molecule has 2 aromatic rings. The van der Waals surface area contributed by atoms with Gasteiger partial charge in [-0.25, -0.2) is 4.99 Å². The highest BCUT2D eigenvalue weighted by molar-refractivity contribution is 6.32. The van der Waals surface area contributed by atoms with Crippen molar-refractivity contribution in [3.05, 3.63) is 64.6 Å². The van der Waals surface area contributed by atoms with E-state index in [0.717, 1.165) is 11.1 Å². The highest BCUT2D eigenvalue weighted by Gasteiger charge is 2.21. The molecule has 1 aromatic heterocycles. The molecule has 1 aliphatic rings. The van der Waals surface area contributed by atoms with Crippen LogP contribution in [0.1, 0.15) is 11.1 Å². The summed E-state index contributed by atoms with van der Waals surface area (Å²) in [6.45, 7) is 0. The van der Waals surface area contributed by atoms with Crippen LogP contribution in [0.15, 0.2) is 53.4 Å². The maximum atomic E-state index is 12.0. The SMILES string of the molecule is COc1ccc(/C=C2/N=C(c3cccnc3)NC2=O)cc1Cl. The van der Waals surface area contributed by atoms with Crippen molar-refractivity contribution >= 4 is 29.4 Å². The normalized spacial score (nSPS) is 15.6. The Balaban J connectivity index is 1.92. The molecule has 0 aliphatic carbocycles. The lowest BCUT2D eigenvalue weighted by Gasteiger charge is -2.03. The molecule has 0 atom stereocenters. The van der Waals surface area contributed by atoms with Gasteiger partial charge < -0.3 is 10.1 Å². The van der Waals surface area contributed by atoms with Gasteiger partial charge in [0, 0.05) is 18.0 Å². The number of amides is 1. The van der Waals surface area contributed by atoms with Gasteiger partial charge in [-0.05, 0) is 35.9 Å². The summed E-state index contributed by atoms with van der Waals surface area (Å²) in [5.41, 5.74) is 1.85. The van der Waals surface area contributed by atoms with Crippen molar-refractivity contribution in [1.82, 2.24) is 10.3 Å². The Labute approximate surface area is 132 Å². The molecule has 1 aliphatic heterocycles. The second kappa shape index (κ2) is 5.99. The minimum absolute atomic E-state index is 0.259. The standard InChI is InChI=1S/C16H12ClN3O2/c1-22-14-5-4-10(7-12(14)17)8-13-16(21)20-15(19-13)11-3-2-6-18-9-11/h2-9H,1H3,(H,19,20,21)/b13-8+. The summed E-state index contributed by atoms with van der Waals surface area (Å²) in [7, 11) is 1.55. The van der Waals surface area contributed by atoms with Crippen molar-refractivity contribution in [3.8, 4) is 5.75 Å². The van der Waals surface area contributed by atoms with Crippen molar-refractivity contribution in [2.75, 3.05) is 7.11 Å². The Morgan fingerprint density at radius 1 is 1.32 bits per heavy atom. The smallest absolute Gasteiger partial charge is 0.275 e. The Kier molecular flexibility index (Phi) is 3.89. The number of nitrogens with zero attached hydrogens (tertiary/aromatic N) is 2. The quantitative estimate of drug-likeness (QED) is 0.886. The van der Waals surface area contributed by atoms with Gasteiger partial charge in [0.05, 0.1) is 12.1 Å². The first-order chi connectivity index (χ1) is 10.7. The topological polar surface area (TPSA) is 63.6 Å². The number of amidine groups is 1. The fourth-order valence-corrected chi connectivity index (χ4v) is 2.30. The molecule has 0 saturated heterocycles. The molecule has 0 bridgehead atoms. The van der Waals surface area contributed by atoms with Crippen molar-refractivity contribution in [3.63, 3.8) is 0 Å². The molecular formula is C16H12ClN3O2. The summed E-state index contributed by atoms with van der Waals surface area (Å²) in [6, 6.07) is 8.89. The predicted octanol–water partition coefficient (Wildman–Crippen LogP) is 2.66. The van der Waals surface area contributed by atoms with Crippen LogP contribution in [0.2, 0.25) is 5.02 Å². The number of hydrogen-bond acceptors (Lipinski definition) is 4. The first-order valence-electron chi connectivity index (χ1n) is 6.53. The summed E-state index contributed by atoms with van der Waals surface area (Å²) in [5.74, 6) is 0.814. The van der Waals surface area contributed by atoms with Crippen LogP contribution in [0.25, 0.3) is 6.08 Å². The van der Waals surface area contributed by atoms with Gasteiger partial charge in [0.1, 0.15) is 17.3 Å². The predicted molar refractivity (Wildman–Crippen MR) is 84.9 cm³/mol. The van der Waals surface area contributed by atoms with Crippen LogP contribution < -0.4 is 10.1 Å². The van der Waals surface area contributed by atoms with Gasteiger partial charge in [0.2, 0.25) is 0 Å². The van der Waals surface area contributed by atoms with Crippen molar-refractivity contribution < 1.29 is 9.53 Å². The third kappa shape index (κ3) is 2.84. The summed E-state index contributed by atoms with van der Waals surface area (Å²) >= 11 is 6.08. The highest BCUT2D eigenvalue weighted by Crippen LogP contribution is 2.26. The van der Waals surface area contributed by atoms with Gasteiger partial charge in [-0.1, -0.05) is 17.7 Å². The van der Waals surface area contributed by atoms with Gasteiger partial charge in [-0.3, -0.25) is 9.78 Å². The average Bonchev–Trinajstić information content (AvgIpc) is 2.89. The number of benzene rings is 1. The number of rotatable bonds is 3. The van der Waals surface area contributed by atoms with Crippen LogP contribution in [-0.2, 0) is 4.79 Å². The maximum absolute atomic E-state index is 12.0. The Hall–Kier alpha value is -2.66. The zero-order chi connectivity index (χ0) is 15.5. The van der Waals surface area contributed by atoms with Crippen molar-refractivity contribution in [2.45, 2.75) is 0 Å². The lowest BCUT2D eigenvalue weighted by Crippen LogP contribution is -2.24. The first kappa shape index (κ1) is 14.3. The summed E-state index contributed by atoms with van der Waals surface area (Å²) in [6.07, 6.45) is 4.98. The van der Waals surface area contributed by atoms with Gasteiger partial charge in [-0.2, -0.15) is 0 Å². The van der Waals surface area contributed by atoms with Crippen LogP contribution in [0.5, 0.6) is 5.75 Å². The first-order valence-corrected chi connectivity index (χ1v) is 6.91. The number of methoxy groups -OCH3 is 1. The lowest BCUT2D eigenvalue weighted by atomic mass is 10.2. The number of aromatic nitrogens is 1. The fraction of sp³-hybridized carbons (Fsp3) is 0.0625. The molecule has 3 rings (SSSR count). The van der Waals surface area contributed by atoms with Gasteiger partial charge >= 0.3 is 0 Å². The van der Waals surface area contributed by atoms with Crippen molar-refractivity contribution in [2.24, 2.45) is 4.99 Å². The van der Waals surface area contributed by atoms with E-state index in [0.29, 0.717) is 22.3 Å². The molecule has 5 nitrogen and oxygen atoms in total. The minimum Gasteiger partial charge on any atom is -0.495 e. The number of carbonyl (C=O) groups excluding carboxylic acids is 1. The number of ether oxygens (including phenoxy) is 1. The zero-order valence-electron chi connectivity index (χ0n) is 11.7. The minimum atomic E-state index is -0.259. The monoisotopic (exact) mass is 313 g/mol. The number of pyridine rings is 1. The molecule has 110 valence electrons. The molecule has 0 spiro atoms. The van der Waals surface area contributed by atoms with E-state index < -0.39 is 0 Å². The number of aliphatic imine (C=N–C) groups is 1. The number of hydrogen-bond donors (Lipinski definition) is 1. The van der Waals surface area contributed by atoms with E-state index in [9.17, 15) is 4.79 Å².